The van der Waals surface area contributed by atoms with E-state index in [1.165, 1.54) is 5.56 Å². The Labute approximate surface area is 167 Å². The van der Waals surface area contributed by atoms with Crippen LogP contribution in [0.5, 0.6) is 11.5 Å². The average Bonchev–Trinajstić information content (AvgIpc) is 3.15. The number of nitrogens with zero attached hydrogens (tertiary/aromatic N) is 3. The molecule has 4 rings (SSSR count). The van der Waals surface area contributed by atoms with Gasteiger partial charge in [-0.1, -0.05) is 6.07 Å². The van der Waals surface area contributed by atoms with Crippen LogP contribution in [0.25, 0.3) is 0 Å². The van der Waals surface area contributed by atoms with Crippen LogP contribution in [0.15, 0.2) is 18.2 Å². The summed E-state index contributed by atoms with van der Waals surface area (Å²) >= 11 is 0. The van der Waals surface area contributed by atoms with E-state index in [-0.39, 0.29) is 5.91 Å². The number of carbonyl (C=O) groups excluding carboxylic acids is 1. The molecule has 0 aliphatic carbocycles. The highest BCUT2D eigenvalue weighted by Crippen LogP contribution is 2.33. The maximum Gasteiger partial charge on any atom is 0.242 e. The molecule has 0 bridgehead atoms. The number of amides is 1. The number of hydrogen-bond donors (Lipinski definition) is 1. The minimum absolute atomic E-state index is 0.0682. The van der Waals surface area contributed by atoms with Gasteiger partial charge in [0, 0.05) is 51.9 Å². The van der Waals surface area contributed by atoms with E-state index < -0.39 is 5.54 Å². The monoisotopic (exact) mass is 388 g/mol. The van der Waals surface area contributed by atoms with Crippen LogP contribution < -0.4 is 15.2 Å². The van der Waals surface area contributed by atoms with Gasteiger partial charge < -0.3 is 20.1 Å². The Morgan fingerprint density at radius 2 is 1.89 bits per heavy atom. The zero-order chi connectivity index (χ0) is 19.7. The van der Waals surface area contributed by atoms with Gasteiger partial charge in [0.05, 0.1) is 5.54 Å². The smallest absolute Gasteiger partial charge is 0.242 e. The minimum atomic E-state index is -0.787. The second-order valence-electron chi connectivity index (χ2n) is 8.77. The Bertz CT molecular complexity index is 710. The molecule has 154 valence electrons. The van der Waals surface area contributed by atoms with E-state index in [0.717, 1.165) is 70.2 Å². The summed E-state index contributed by atoms with van der Waals surface area (Å²) in [7, 11) is 0. The van der Waals surface area contributed by atoms with E-state index in [9.17, 15) is 4.79 Å². The van der Waals surface area contributed by atoms with Crippen molar-refractivity contribution in [3.05, 3.63) is 23.8 Å². The van der Waals surface area contributed by atoms with Crippen LogP contribution in [0.3, 0.4) is 0 Å². The number of ether oxygens (including phenoxy) is 2. The van der Waals surface area contributed by atoms with Gasteiger partial charge in [0.15, 0.2) is 11.5 Å². The van der Waals surface area contributed by atoms with Crippen molar-refractivity contribution in [3.63, 3.8) is 0 Å². The molecule has 7 heteroatoms. The Kier molecular flexibility index (Phi) is 5.49. The van der Waals surface area contributed by atoms with Gasteiger partial charge in [0.1, 0.15) is 0 Å². The van der Waals surface area contributed by atoms with E-state index in [2.05, 4.69) is 21.9 Å². The lowest BCUT2D eigenvalue weighted by Gasteiger charge is -2.44. The predicted molar refractivity (Wildman–Crippen MR) is 107 cm³/mol. The van der Waals surface area contributed by atoms with Crippen LogP contribution in [0.1, 0.15) is 32.3 Å². The SMILES string of the molecule is CC(C)(N)C(=O)N1CCC[C@H](N2CCN(Cc3ccc4c(c3)OCO4)CC2)C1. The van der Waals surface area contributed by atoms with E-state index in [1.807, 2.05) is 11.0 Å². The van der Waals surface area contributed by atoms with Gasteiger partial charge in [-0.05, 0) is 44.4 Å². The van der Waals surface area contributed by atoms with Crippen LogP contribution in [0.4, 0.5) is 0 Å². The molecule has 1 aromatic carbocycles. The van der Waals surface area contributed by atoms with Crippen molar-refractivity contribution in [2.75, 3.05) is 46.1 Å². The van der Waals surface area contributed by atoms with Crippen LogP contribution in [0.2, 0.25) is 0 Å². The third-order valence-corrected chi connectivity index (χ3v) is 6.00. The first kappa shape index (κ1) is 19.5. The number of nitrogens with two attached hydrogens (primary N) is 1. The van der Waals surface area contributed by atoms with Crippen molar-refractivity contribution >= 4 is 5.91 Å². The molecule has 0 spiro atoms. The van der Waals surface area contributed by atoms with Crippen molar-refractivity contribution in [2.45, 2.75) is 44.8 Å². The molecule has 2 N–H and O–H groups in total. The first-order valence-corrected chi connectivity index (χ1v) is 10.3. The molecule has 3 aliphatic rings. The fraction of sp³-hybridized carbons (Fsp3) is 0.667. The molecule has 2 fully saturated rings. The van der Waals surface area contributed by atoms with Gasteiger partial charge in [0.25, 0.3) is 0 Å². The largest absolute Gasteiger partial charge is 0.454 e. The molecule has 28 heavy (non-hydrogen) atoms. The van der Waals surface area contributed by atoms with Gasteiger partial charge in [-0.15, -0.1) is 0 Å². The van der Waals surface area contributed by atoms with Gasteiger partial charge in [-0.2, -0.15) is 0 Å². The average molecular weight is 389 g/mol. The molecule has 0 saturated carbocycles. The molecule has 3 aliphatic heterocycles. The fourth-order valence-electron chi connectivity index (χ4n) is 4.43. The zero-order valence-corrected chi connectivity index (χ0v) is 17.0. The van der Waals surface area contributed by atoms with Gasteiger partial charge >= 0.3 is 0 Å². The summed E-state index contributed by atoms with van der Waals surface area (Å²) in [5.74, 6) is 1.76. The fourth-order valence-corrected chi connectivity index (χ4v) is 4.43. The van der Waals surface area contributed by atoms with E-state index in [4.69, 9.17) is 15.2 Å². The minimum Gasteiger partial charge on any atom is -0.454 e. The number of fused-ring (bicyclic) bond motifs is 1. The van der Waals surface area contributed by atoms with Crippen LogP contribution >= 0.6 is 0 Å². The normalized spacial score (nSPS) is 23.8. The summed E-state index contributed by atoms with van der Waals surface area (Å²) in [6, 6.07) is 6.67. The van der Waals surface area contributed by atoms with Crippen molar-refractivity contribution in [3.8, 4) is 11.5 Å². The number of piperidine rings is 1. The molecular weight excluding hydrogens is 356 g/mol. The Balaban J connectivity index is 1.28. The Morgan fingerprint density at radius 3 is 2.64 bits per heavy atom. The number of hydrogen-bond acceptors (Lipinski definition) is 6. The molecule has 0 unspecified atom stereocenters. The van der Waals surface area contributed by atoms with Crippen molar-refractivity contribution < 1.29 is 14.3 Å². The zero-order valence-electron chi connectivity index (χ0n) is 17.0. The first-order chi connectivity index (χ1) is 13.4. The number of likely N-dealkylation sites (tertiary alicyclic amines) is 1. The van der Waals surface area contributed by atoms with Crippen molar-refractivity contribution in [1.29, 1.82) is 0 Å². The van der Waals surface area contributed by atoms with Crippen LogP contribution in [-0.4, -0.2) is 78.2 Å². The second kappa shape index (κ2) is 7.89. The molecule has 1 amide bonds. The Hall–Kier alpha value is -1.83. The number of benzene rings is 1. The molecule has 7 nitrogen and oxygen atoms in total. The lowest BCUT2D eigenvalue weighted by molar-refractivity contribution is -0.138. The van der Waals surface area contributed by atoms with Crippen molar-refractivity contribution in [1.82, 2.24) is 14.7 Å². The third-order valence-electron chi connectivity index (χ3n) is 6.00. The summed E-state index contributed by atoms with van der Waals surface area (Å²) in [5.41, 5.74) is 6.51. The van der Waals surface area contributed by atoms with E-state index in [0.29, 0.717) is 12.8 Å². The molecule has 2 saturated heterocycles. The van der Waals surface area contributed by atoms with Gasteiger partial charge in [0.2, 0.25) is 12.7 Å². The quantitative estimate of drug-likeness (QED) is 0.837. The first-order valence-electron chi connectivity index (χ1n) is 10.3. The van der Waals surface area contributed by atoms with Gasteiger partial charge in [-0.3, -0.25) is 14.6 Å². The van der Waals surface area contributed by atoms with Crippen LogP contribution in [-0.2, 0) is 11.3 Å². The Morgan fingerprint density at radius 1 is 1.14 bits per heavy atom. The molecule has 1 atom stereocenters. The highest BCUT2D eigenvalue weighted by atomic mass is 16.7. The topological polar surface area (TPSA) is 71.3 Å². The number of piperazine rings is 1. The summed E-state index contributed by atoms with van der Waals surface area (Å²) in [6.45, 7) is 10.7. The highest BCUT2D eigenvalue weighted by Gasteiger charge is 2.34. The predicted octanol–water partition coefficient (Wildman–Crippen LogP) is 1.26. The molecule has 1 aromatic rings. The van der Waals surface area contributed by atoms with E-state index in [1.54, 1.807) is 13.8 Å². The van der Waals surface area contributed by atoms with Gasteiger partial charge in [-0.25, -0.2) is 0 Å². The summed E-state index contributed by atoms with van der Waals surface area (Å²) in [4.78, 5) is 19.5. The summed E-state index contributed by atoms with van der Waals surface area (Å²) in [5, 5.41) is 0. The summed E-state index contributed by atoms with van der Waals surface area (Å²) < 4.78 is 10.9. The second-order valence-corrected chi connectivity index (χ2v) is 8.77. The lowest BCUT2D eigenvalue weighted by atomic mass is 9.99. The highest BCUT2D eigenvalue weighted by molar-refractivity contribution is 5.85. The maximum absolute atomic E-state index is 12.5. The maximum atomic E-state index is 12.5. The molecule has 3 heterocycles. The van der Waals surface area contributed by atoms with Crippen LogP contribution in [0, 0.1) is 0 Å². The molecule has 0 aromatic heterocycles. The molecular formula is C21H32N4O3. The lowest BCUT2D eigenvalue weighted by Crippen LogP contribution is -2.59. The number of carbonyl (C=O) groups is 1. The molecule has 0 radical (unpaired) electrons. The third kappa shape index (κ3) is 4.26. The van der Waals surface area contributed by atoms with Crippen molar-refractivity contribution in [2.24, 2.45) is 5.73 Å². The number of rotatable bonds is 4. The standard InChI is InChI=1S/C21H32N4O3/c1-21(2,22)20(26)25-7-3-4-17(14-25)24-10-8-23(9-11-24)13-16-5-6-18-19(12-16)28-15-27-18/h5-6,12,17H,3-4,7-11,13-15,22H2,1-2H3/t17-/m0/s1. The van der Waals surface area contributed by atoms with E-state index >= 15 is 0 Å². The summed E-state index contributed by atoms with van der Waals surface area (Å²) in [6.07, 6.45) is 2.22.